The molecule has 0 fully saturated rings. The average molecular weight is 309 g/mol. The molecule has 0 aliphatic rings. The number of nitro benzene ring substituents is 1. The maximum atomic E-state index is 12.2. The van der Waals surface area contributed by atoms with E-state index in [-0.39, 0.29) is 11.3 Å². The van der Waals surface area contributed by atoms with E-state index in [1.807, 2.05) is 0 Å². The maximum Gasteiger partial charge on any atom is 0.341 e. The smallest absolute Gasteiger partial charge is 0.341 e. The summed E-state index contributed by atoms with van der Waals surface area (Å²) in [6.45, 7) is 3.60. The Bertz CT molecular complexity index is 586. The summed E-state index contributed by atoms with van der Waals surface area (Å²) in [6.07, 6.45) is -0.985. The van der Waals surface area contributed by atoms with Crippen molar-refractivity contribution in [3.05, 3.63) is 33.9 Å². The van der Waals surface area contributed by atoms with Gasteiger partial charge in [0.25, 0.3) is 11.6 Å². The molecule has 22 heavy (non-hydrogen) atoms. The Labute approximate surface area is 128 Å². The van der Waals surface area contributed by atoms with Gasteiger partial charge in [-0.15, -0.1) is 0 Å². The highest BCUT2D eigenvalue weighted by molar-refractivity contribution is 5.98. The lowest BCUT2D eigenvalue weighted by atomic mass is 10.1. The monoisotopic (exact) mass is 309 g/mol. The van der Waals surface area contributed by atoms with E-state index in [1.165, 1.54) is 19.1 Å². The third-order valence-electron chi connectivity index (χ3n) is 2.90. The van der Waals surface area contributed by atoms with Gasteiger partial charge in [-0.05, 0) is 19.9 Å². The van der Waals surface area contributed by atoms with Crippen molar-refractivity contribution in [1.82, 2.24) is 5.32 Å². The quantitative estimate of drug-likeness (QED) is 0.483. The average Bonchev–Trinajstić information content (AvgIpc) is 2.46. The molecule has 1 amide bonds. The minimum absolute atomic E-state index is 0.0374. The molecule has 0 saturated carbocycles. The molecule has 120 valence electrons. The first-order chi connectivity index (χ1) is 10.3. The highest BCUT2D eigenvalue weighted by Crippen LogP contribution is 2.25. The lowest BCUT2D eigenvalue weighted by molar-refractivity contribution is -0.384. The molecule has 0 aromatic heterocycles. The van der Waals surface area contributed by atoms with Crippen molar-refractivity contribution in [2.75, 3.05) is 25.5 Å². The highest BCUT2D eigenvalue weighted by Gasteiger charge is 2.23. The van der Waals surface area contributed by atoms with Gasteiger partial charge >= 0.3 is 5.97 Å². The number of anilines is 1. The fraction of sp³-hybridized carbons (Fsp3) is 0.429. The molecule has 1 N–H and O–H groups in total. The van der Waals surface area contributed by atoms with Crippen LogP contribution < -0.4 is 10.2 Å². The van der Waals surface area contributed by atoms with Crippen LogP contribution in [0.2, 0.25) is 0 Å². The van der Waals surface area contributed by atoms with Gasteiger partial charge in [-0.1, -0.05) is 0 Å². The SMILES string of the molecule is CCNC(=O)[C@@H](C)OC(=O)c1cc([N+](=O)[O-])ccc1N(C)C. The first kappa shape index (κ1) is 17.4. The summed E-state index contributed by atoms with van der Waals surface area (Å²) in [5, 5.41) is 13.4. The van der Waals surface area contributed by atoms with E-state index in [1.54, 1.807) is 25.9 Å². The second-order valence-electron chi connectivity index (χ2n) is 4.80. The molecule has 1 aromatic rings. The molecule has 1 atom stereocenters. The first-order valence-electron chi connectivity index (χ1n) is 6.72. The lowest BCUT2D eigenvalue weighted by Gasteiger charge is -2.18. The molecule has 0 aliphatic heterocycles. The van der Waals surface area contributed by atoms with Crippen LogP contribution in [0.3, 0.4) is 0 Å². The number of carbonyl (C=O) groups is 2. The van der Waals surface area contributed by atoms with Crippen LogP contribution >= 0.6 is 0 Å². The predicted molar refractivity (Wildman–Crippen MR) is 81.0 cm³/mol. The molecule has 0 bridgehead atoms. The summed E-state index contributed by atoms with van der Waals surface area (Å²) < 4.78 is 5.08. The number of esters is 1. The number of nitro groups is 1. The Morgan fingerprint density at radius 2 is 2.05 bits per heavy atom. The molecule has 0 spiro atoms. The fourth-order valence-electron chi connectivity index (χ4n) is 1.79. The Kier molecular flexibility index (Phi) is 5.85. The van der Waals surface area contributed by atoms with Crippen molar-refractivity contribution in [3.8, 4) is 0 Å². The van der Waals surface area contributed by atoms with Crippen LogP contribution in [0, 0.1) is 10.1 Å². The third kappa shape index (κ3) is 4.18. The van der Waals surface area contributed by atoms with Crippen LogP contribution in [-0.2, 0) is 9.53 Å². The normalized spacial score (nSPS) is 11.5. The number of nitrogens with one attached hydrogen (secondary N) is 1. The van der Waals surface area contributed by atoms with Crippen molar-refractivity contribution >= 4 is 23.3 Å². The second-order valence-corrected chi connectivity index (χ2v) is 4.80. The number of nitrogens with zero attached hydrogens (tertiary/aromatic N) is 2. The Balaban J connectivity index is 3.07. The molecule has 8 heteroatoms. The molecule has 0 saturated heterocycles. The van der Waals surface area contributed by atoms with E-state index in [0.29, 0.717) is 12.2 Å². The minimum atomic E-state index is -0.985. The Morgan fingerprint density at radius 3 is 2.55 bits per heavy atom. The molecular formula is C14H19N3O5. The summed E-state index contributed by atoms with van der Waals surface area (Å²) >= 11 is 0. The lowest BCUT2D eigenvalue weighted by Crippen LogP contribution is -2.35. The van der Waals surface area contributed by atoms with E-state index >= 15 is 0 Å². The zero-order chi connectivity index (χ0) is 16.9. The topological polar surface area (TPSA) is 102 Å². The van der Waals surface area contributed by atoms with Crippen LogP contribution in [0.4, 0.5) is 11.4 Å². The predicted octanol–water partition coefficient (Wildman–Crippen LogP) is 1.34. The first-order valence-corrected chi connectivity index (χ1v) is 6.72. The molecule has 1 aromatic carbocycles. The van der Waals surface area contributed by atoms with E-state index in [0.717, 1.165) is 6.07 Å². The summed E-state index contributed by atoms with van der Waals surface area (Å²) in [4.78, 5) is 35.7. The van der Waals surface area contributed by atoms with Gasteiger partial charge in [0.2, 0.25) is 0 Å². The van der Waals surface area contributed by atoms with Gasteiger partial charge in [-0.25, -0.2) is 4.79 Å². The molecule has 0 aliphatic carbocycles. The molecule has 8 nitrogen and oxygen atoms in total. The van der Waals surface area contributed by atoms with Gasteiger partial charge < -0.3 is 15.0 Å². The van der Waals surface area contributed by atoms with E-state index < -0.39 is 22.9 Å². The largest absolute Gasteiger partial charge is 0.449 e. The number of benzene rings is 1. The Hall–Kier alpha value is -2.64. The number of likely N-dealkylation sites (N-methyl/N-ethyl adjacent to an activating group) is 1. The number of rotatable bonds is 6. The third-order valence-corrected chi connectivity index (χ3v) is 2.90. The molecule has 1 rings (SSSR count). The summed E-state index contributed by atoms with van der Waals surface area (Å²) in [6, 6.07) is 3.91. The maximum absolute atomic E-state index is 12.2. The van der Waals surface area contributed by atoms with Gasteiger partial charge in [0.1, 0.15) is 0 Å². The zero-order valence-corrected chi connectivity index (χ0v) is 13.0. The highest BCUT2D eigenvalue weighted by atomic mass is 16.6. The summed E-state index contributed by atoms with van der Waals surface area (Å²) in [5.41, 5.74) is 0.289. The summed E-state index contributed by atoms with van der Waals surface area (Å²) in [5.74, 6) is -1.21. The second kappa shape index (κ2) is 7.39. The number of carbonyl (C=O) groups excluding carboxylic acids is 2. The standard InChI is InChI=1S/C14H19N3O5/c1-5-15-13(18)9(2)22-14(19)11-8-10(17(20)21)6-7-12(11)16(3)4/h6-9H,5H2,1-4H3,(H,15,18)/t9-/m1/s1. The molecule has 0 heterocycles. The fourth-order valence-corrected chi connectivity index (χ4v) is 1.79. The minimum Gasteiger partial charge on any atom is -0.449 e. The van der Waals surface area contributed by atoms with Crippen LogP contribution in [-0.4, -0.2) is 43.5 Å². The number of non-ortho nitro benzene ring substituents is 1. The van der Waals surface area contributed by atoms with Gasteiger partial charge in [0, 0.05) is 32.8 Å². The summed E-state index contributed by atoms with van der Waals surface area (Å²) in [7, 11) is 3.40. The van der Waals surface area contributed by atoms with E-state index in [9.17, 15) is 19.7 Å². The van der Waals surface area contributed by atoms with Crippen LogP contribution in [0.5, 0.6) is 0 Å². The van der Waals surface area contributed by atoms with Crippen molar-refractivity contribution < 1.29 is 19.2 Å². The number of hydrogen-bond donors (Lipinski definition) is 1. The number of amides is 1. The molecule has 0 radical (unpaired) electrons. The van der Waals surface area contributed by atoms with Gasteiger partial charge in [0.05, 0.1) is 16.2 Å². The molecule has 0 unspecified atom stereocenters. The van der Waals surface area contributed by atoms with Crippen LogP contribution in [0.25, 0.3) is 0 Å². The van der Waals surface area contributed by atoms with Crippen LogP contribution in [0.1, 0.15) is 24.2 Å². The van der Waals surface area contributed by atoms with Gasteiger partial charge in [-0.2, -0.15) is 0 Å². The van der Waals surface area contributed by atoms with Crippen molar-refractivity contribution in [1.29, 1.82) is 0 Å². The van der Waals surface area contributed by atoms with Gasteiger partial charge in [0.15, 0.2) is 6.10 Å². The number of ether oxygens (including phenoxy) is 1. The zero-order valence-electron chi connectivity index (χ0n) is 13.0. The van der Waals surface area contributed by atoms with Crippen molar-refractivity contribution in [2.45, 2.75) is 20.0 Å². The Morgan fingerprint density at radius 1 is 1.41 bits per heavy atom. The van der Waals surface area contributed by atoms with E-state index in [4.69, 9.17) is 4.74 Å². The van der Waals surface area contributed by atoms with Crippen LogP contribution in [0.15, 0.2) is 18.2 Å². The van der Waals surface area contributed by atoms with E-state index in [2.05, 4.69) is 5.32 Å². The van der Waals surface area contributed by atoms with Crippen molar-refractivity contribution in [2.24, 2.45) is 0 Å². The van der Waals surface area contributed by atoms with Crippen molar-refractivity contribution in [3.63, 3.8) is 0 Å². The van der Waals surface area contributed by atoms with Gasteiger partial charge in [-0.3, -0.25) is 14.9 Å². The molecular weight excluding hydrogens is 290 g/mol. The number of hydrogen-bond acceptors (Lipinski definition) is 6.